The van der Waals surface area contributed by atoms with Gasteiger partial charge < -0.3 is 0 Å². The summed E-state index contributed by atoms with van der Waals surface area (Å²) in [6.45, 7) is 3.65. The lowest BCUT2D eigenvalue weighted by Gasteiger charge is -1.94. The molecular formula is C7H8BN. The van der Waals surface area contributed by atoms with Gasteiger partial charge in [0, 0.05) is 11.8 Å². The van der Waals surface area contributed by atoms with Crippen molar-refractivity contribution in [3.05, 3.63) is 30.5 Å². The molecule has 2 heteroatoms. The third-order valence-electron chi connectivity index (χ3n) is 1.27. The molecule has 0 fully saturated rings. The Balaban J connectivity index is 3.15. The normalized spacial score (nSPS) is 8.89. The minimum absolute atomic E-state index is 1.03. The lowest BCUT2D eigenvalue weighted by atomic mass is 9.98. The molecule has 44 valence electrons. The van der Waals surface area contributed by atoms with Gasteiger partial charge in [-0.15, -0.1) is 0 Å². The van der Waals surface area contributed by atoms with E-state index in [2.05, 4.69) is 11.6 Å². The van der Waals surface area contributed by atoms with Crippen LogP contribution in [0.3, 0.4) is 0 Å². The molecule has 0 N–H and O–H groups in total. The zero-order valence-corrected chi connectivity index (χ0v) is 5.46. The molecule has 0 spiro atoms. The lowest BCUT2D eigenvalue weighted by Crippen LogP contribution is -2.10. The van der Waals surface area contributed by atoms with Crippen molar-refractivity contribution < 1.29 is 0 Å². The number of pyridine rings is 1. The van der Waals surface area contributed by atoms with E-state index >= 15 is 0 Å². The SMILES string of the molecule is Bc1ncccc1C=C. The molecular weight excluding hydrogens is 109 g/mol. The Bertz CT molecular complexity index is 220. The summed E-state index contributed by atoms with van der Waals surface area (Å²) in [5.74, 6) is 0. The van der Waals surface area contributed by atoms with E-state index in [0.29, 0.717) is 0 Å². The second-order valence-corrected chi connectivity index (χ2v) is 1.88. The summed E-state index contributed by atoms with van der Waals surface area (Å²) in [7, 11) is 1.97. The fourth-order valence-electron chi connectivity index (χ4n) is 0.712. The number of nitrogens with zero attached hydrogens (tertiary/aromatic N) is 1. The molecule has 0 aromatic carbocycles. The fourth-order valence-corrected chi connectivity index (χ4v) is 0.712. The number of aromatic nitrogens is 1. The minimum atomic E-state index is 1.03. The van der Waals surface area contributed by atoms with Crippen LogP contribution in [0.4, 0.5) is 0 Å². The van der Waals surface area contributed by atoms with Gasteiger partial charge in [-0.1, -0.05) is 18.7 Å². The van der Waals surface area contributed by atoms with Gasteiger partial charge in [0.1, 0.15) is 0 Å². The highest BCUT2D eigenvalue weighted by molar-refractivity contribution is 6.32. The zero-order chi connectivity index (χ0) is 6.69. The Hall–Kier alpha value is -1.05. The predicted octanol–water partition coefficient (Wildman–Crippen LogP) is -0.0170. The predicted molar refractivity (Wildman–Crippen MR) is 42.5 cm³/mol. The van der Waals surface area contributed by atoms with Gasteiger partial charge in [-0.05, 0) is 11.6 Å². The second kappa shape index (κ2) is 2.49. The van der Waals surface area contributed by atoms with Crippen molar-refractivity contribution in [1.82, 2.24) is 4.98 Å². The van der Waals surface area contributed by atoms with Gasteiger partial charge in [0.15, 0.2) is 7.85 Å². The summed E-state index contributed by atoms with van der Waals surface area (Å²) < 4.78 is 0. The van der Waals surface area contributed by atoms with E-state index in [1.165, 1.54) is 0 Å². The molecule has 1 rings (SSSR count). The fraction of sp³-hybridized carbons (Fsp3) is 0. The van der Waals surface area contributed by atoms with Crippen molar-refractivity contribution in [2.24, 2.45) is 0 Å². The van der Waals surface area contributed by atoms with E-state index in [9.17, 15) is 0 Å². The molecule has 9 heavy (non-hydrogen) atoms. The van der Waals surface area contributed by atoms with Gasteiger partial charge >= 0.3 is 0 Å². The molecule has 0 aliphatic heterocycles. The maximum Gasteiger partial charge on any atom is 0.164 e. The number of hydrogen-bond donors (Lipinski definition) is 0. The molecule has 0 aliphatic carbocycles. The molecule has 0 atom stereocenters. The van der Waals surface area contributed by atoms with Crippen LogP contribution in [0, 0.1) is 0 Å². The van der Waals surface area contributed by atoms with E-state index in [1.54, 1.807) is 6.20 Å². The van der Waals surface area contributed by atoms with Crippen LogP contribution in [0.1, 0.15) is 5.56 Å². The summed E-state index contributed by atoms with van der Waals surface area (Å²) in [4.78, 5) is 4.08. The average molecular weight is 117 g/mol. The largest absolute Gasteiger partial charge is 0.272 e. The van der Waals surface area contributed by atoms with Crippen LogP contribution >= 0.6 is 0 Å². The first-order chi connectivity index (χ1) is 4.34. The molecule has 0 radical (unpaired) electrons. The van der Waals surface area contributed by atoms with Gasteiger partial charge in [0.25, 0.3) is 0 Å². The van der Waals surface area contributed by atoms with Gasteiger partial charge in [-0.25, -0.2) is 0 Å². The molecule has 0 unspecified atom stereocenters. The van der Waals surface area contributed by atoms with Gasteiger partial charge in [0.2, 0.25) is 0 Å². The maximum absolute atomic E-state index is 4.08. The highest BCUT2D eigenvalue weighted by Gasteiger charge is 1.88. The molecule has 0 saturated heterocycles. The van der Waals surface area contributed by atoms with Crippen LogP contribution in [-0.4, -0.2) is 12.8 Å². The molecule has 1 heterocycles. The topological polar surface area (TPSA) is 12.9 Å². The lowest BCUT2D eigenvalue weighted by molar-refractivity contribution is 1.38. The number of hydrogen-bond acceptors (Lipinski definition) is 1. The van der Waals surface area contributed by atoms with Gasteiger partial charge in [-0.2, -0.15) is 0 Å². The molecule has 0 saturated carbocycles. The first-order valence-corrected chi connectivity index (χ1v) is 2.88. The molecule has 1 aromatic heterocycles. The molecule has 0 aliphatic rings. The average Bonchev–Trinajstić information content (AvgIpc) is 1.89. The van der Waals surface area contributed by atoms with Crippen LogP contribution < -0.4 is 5.59 Å². The Labute approximate surface area is 55.8 Å². The Morgan fingerprint density at radius 1 is 1.67 bits per heavy atom. The van der Waals surface area contributed by atoms with Crippen LogP contribution in [0.5, 0.6) is 0 Å². The molecule has 1 aromatic rings. The van der Waals surface area contributed by atoms with Crippen LogP contribution in [0.2, 0.25) is 0 Å². The summed E-state index contributed by atoms with van der Waals surface area (Å²) in [6, 6.07) is 3.90. The Morgan fingerprint density at radius 2 is 2.44 bits per heavy atom. The van der Waals surface area contributed by atoms with Crippen molar-refractivity contribution in [2.45, 2.75) is 0 Å². The molecule has 0 amide bonds. The first-order valence-electron chi connectivity index (χ1n) is 2.88. The summed E-state index contributed by atoms with van der Waals surface area (Å²) in [5.41, 5.74) is 2.14. The first kappa shape index (κ1) is 6.08. The quantitative estimate of drug-likeness (QED) is 0.471. The van der Waals surface area contributed by atoms with E-state index in [-0.39, 0.29) is 0 Å². The van der Waals surface area contributed by atoms with Crippen LogP contribution in [0.25, 0.3) is 6.08 Å². The summed E-state index contributed by atoms with van der Waals surface area (Å²) in [5, 5.41) is 0. The highest BCUT2D eigenvalue weighted by Crippen LogP contribution is 1.91. The second-order valence-electron chi connectivity index (χ2n) is 1.88. The Kier molecular flexibility index (Phi) is 1.68. The zero-order valence-electron chi connectivity index (χ0n) is 5.46. The molecule has 0 bridgehead atoms. The van der Waals surface area contributed by atoms with E-state index in [4.69, 9.17) is 0 Å². The number of rotatable bonds is 1. The summed E-state index contributed by atoms with van der Waals surface area (Å²) >= 11 is 0. The van der Waals surface area contributed by atoms with Crippen molar-refractivity contribution in [3.8, 4) is 0 Å². The van der Waals surface area contributed by atoms with Crippen LogP contribution in [0.15, 0.2) is 24.9 Å². The third-order valence-corrected chi connectivity index (χ3v) is 1.27. The van der Waals surface area contributed by atoms with E-state index < -0.39 is 0 Å². The molecule has 1 nitrogen and oxygen atoms in total. The van der Waals surface area contributed by atoms with Gasteiger partial charge in [-0.3, -0.25) is 4.98 Å². The highest BCUT2D eigenvalue weighted by atomic mass is 14.6. The van der Waals surface area contributed by atoms with E-state index in [0.717, 1.165) is 11.2 Å². The van der Waals surface area contributed by atoms with Crippen molar-refractivity contribution >= 4 is 19.5 Å². The van der Waals surface area contributed by atoms with E-state index in [1.807, 2.05) is 26.1 Å². The minimum Gasteiger partial charge on any atom is -0.272 e. The smallest absolute Gasteiger partial charge is 0.164 e. The van der Waals surface area contributed by atoms with Crippen molar-refractivity contribution in [2.75, 3.05) is 0 Å². The maximum atomic E-state index is 4.08. The third kappa shape index (κ3) is 1.19. The summed E-state index contributed by atoms with van der Waals surface area (Å²) in [6.07, 6.45) is 3.59. The van der Waals surface area contributed by atoms with Crippen molar-refractivity contribution in [1.29, 1.82) is 0 Å². The van der Waals surface area contributed by atoms with Gasteiger partial charge in [0.05, 0.1) is 0 Å². The van der Waals surface area contributed by atoms with Crippen molar-refractivity contribution in [3.63, 3.8) is 0 Å². The van der Waals surface area contributed by atoms with Crippen LogP contribution in [-0.2, 0) is 0 Å². The monoisotopic (exact) mass is 117 g/mol. The Morgan fingerprint density at radius 3 is 2.89 bits per heavy atom. The standard InChI is InChI=1S/C7H8BN/c1-2-6-4-3-5-9-7(6)8/h2-5H,1,8H2.